The summed E-state index contributed by atoms with van der Waals surface area (Å²) < 4.78 is 0. The molecule has 12 rings (SSSR count). The van der Waals surface area contributed by atoms with Crippen LogP contribution in [0, 0.1) is 0 Å². The molecular weight excluding hydrogens is 699 g/mol. The molecule has 1 heteroatoms. The summed E-state index contributed by atoms with van der Waals surface area (Å²) >= 11 is 0. The zero-order valence-electron chi connectivity index (χ0n) is 31.8. The van der Waals surface area contributed by atoms with Crippen molar-refractivity contribution in [3.63, 3.8) is 0 Å². The Balaban J connectivity index is 1.07. The van der Waals surface area contributed by atoms with Crippen LogP contribution in [0.25, 0.3) is 66.1 Å². The van der Waals surface area contributed by atoms with Crippen LogP contribution in [-0.4, -0.2) is 0 Å². The van der Waals surface area contributed by atoms with E-state index in [9.17, 15) is 0 Å². The monoisotopic (exact) mass is 735 g/mol. The van der Waals surface area contributed by atoms with E-state index in [1.807, 2.05) is 0 Å². The molecule has 0 heterocycles. The van der Waals surface area contributed by atoms with E-state index in [1.165, 1.54) is 88.3 Å². The number of para-hydroxylation sites is 1. The molecule has 0 N–H and O–H groups in total. The van der Waals surface area contributed by atoms with E-state index in [0.29, 0.717) is 0 Å². The molecule has 10 aromatic carbocycles. The first-order valence-electron chi connectivity index (χ1n) is 20.2. The van der Waals surface area contributed by atoms with Crippen LogP contribution in [0.5, 0.6) is 0 Å². The zero-order valence-corrected chi connectivity index (χ0v) is 31.8. The minimum atomic E-state index is -0.380. The Morgan fingerprint density at radius 3 is 1.55 bits per heavy atom. The average Bonchev–Trinajstić information content (AvgIpc) is 3.76. The standard InChI is InChI=1S/C57H37N/c1-2-15-39(16-3-1)47-20-9-13-28-56(47)58(43-32-31-40-35-42(30-29-41(40)36-43)46-24-14-18-38-17-4-5-19-45(38)46)44-33-34-55-51(37-44)50-23-8-12-27-54(50)57(55)52-25-10-6-21-48(52)49-22-7-11-26-53(49)57/h1-37H. The van der Waals surface area contributed by atoms with Gasteiger partial charge in [-0.3, -0.25) is 0 Å². The highest BCUT2D eigenvalue weighted by Gasteiger charge is 2.51. The quantitative estimate of drug-likeness (QED) is 0.170. The molecule has 0 aromatic heterocycles. The Bertz CT molecular complexity index is 3200. The van der Waals surface area contributed by atoms with Crippen molar-refractivity contribution in [2.24, 2.45) is 0 Å². The lowest BCUT2D eigenvalue weighted by molar-refractivity contribution is 0.794. The maximum Gasteiger partial charge on any atom is 0.0725 e. The van der Waals surface area contributed by atoms with Crippen molar-refractivity contribution in [3.05, 3.63) is 247 Å². The number of hydrogen-bond donors (Lipinski definition) is 0. The van der Waals surface area contributed by atoms with Gasteiger partial charge in [0, 0.05) is 16.9 Å². The van der Waals surface area contributed by atoms with Crippen molar-refractivity contribution in [2.75, 3.05) is 4.90 Å². The fourth-order valence-electron chi connectivity index (χ4n) is 10.2. The number of nitrogens with zero attached hydrogens (tertiary/aromatic N) is 1. The largest absolute Gasteiger partial charge is 0.310 e. The van der Waals surface area contributed by atoms with Crippen molar-refractivity contribution in [1.29, 1.82) is 0 Å². The van der Waals surface area contributed by atoms with Gasteiger partial charge in [-0.15, -0.1) is 0 Å². The van der Waals surface area contributed by atoms with E-state index < -0.39 is 0 Å². The molecule has 270 valence electrons. The first-order valence-corrected chi connectivity index (χ1v) is 20.2. The van der Waals surface area contributed by atoms with Crippen LogP contribution in [0.4, 0.5) is 17.1 Å². The van der Waals surface area contributed by atoms with Crippen molar-refractivity contribution < 1.29 is 0 Å². The van der Waals surface area contributed by atoms with Gasteiger partial charge >= 0.3 is 0 Å². The predicted octanol–water partition coefficient (Wildman–Crippen LogP) is 15.1. The molecule has 0 saturated carbocycles. The molecule has 1 spiro atoms. The fraction of sp³-hybridized carbons (Fsp3) is 0.0175. The van der Waals surface area contributed by atoms with E-state index in [2.05, 4.69) is 229 Å². The van der Waals surface area contributed by atoms with Crippen molar-refractivity contribution >= 4 is 38.6 Å². The Kier molecular flexibility index (Phi) is 7.21. The molecule has 2 aliphatic carbocycles. The summed E-state index contributed by atoms with van der Waals surface area (Å²) in [7, 11) is 0. The lowest BCUT2D eigenvalue weighted by Gasteiger charge is -2.31. The van der Waals surface area contributed by atoms with Gasteiger partial charge in [0.15, 0.2) is 0 Å². The first-order chi connectivity index (χ1) is 28.8. The molecule has 0 unspecified atom stereocenters. The van der Waals surface area contributed by atoms with Crippen LogP contribution in [0.1, 0.15) is 22.3 Å². The minimum Gasteiger partial charge on any atom is -0.310 e. The van der Waals surface area contributed by atoms with Crippen molar-refractivity contribution in [3.8, 4) is 44.5 Å². The van der Waals surface area contributed by atoms with Gasteiger partial charge in [-0.05, 0) is 119 Å². The second kappa shape index (κ2) is 12.8. The molecule has 0 bridgehead atoms. The molecule has 0 radical (unpaired) electrons. The lowest BCUT2D eigenvalue weighted by atomic mass is 9.70. The molecule has 0 saturated heterocycles. The van der Waals surface area contributed by atoms with E-state index in [1.54, 1.807) is 0 Å². The summed E-state index contributed by atoms with van der Waals surface area (Å²) in [6.07, 6.45) is 0. The molecular formula is C57H37N. The van der Waals surface area contributed by atoms with Crippen LogP contribution < -0.4 is 4.90 Å². The smallest absolute Gasteiger partial charge is 0.0725 e. The third-order valence-corrected chi connectivity index (χ3v) is 12.7. The normalized spacial score (nSPS) is 13.0. The van der Waals surface area contributed by atoms with Crippen LogP contribution in [0.15, 0.2) is 224 Å². The van der Waals surface area contributed by atoms with Crippen LogP contribution in [-0.2, 0) is 5.41 Å². The van der Waals surface area contributed by atoms with E-state index in [0.717, 1.165) is 17.1 Å². The molecule has 0 fully saturated rings. The van der Waals surface area contributed by atoms with Crippen LogP contribution >= 0.6 is 0 Å². The summed E-state index contributed by atoms with van der Waals surface area (Å²) in [5.41, 5.74) is 18.5. The number of anilines is 3. The second-order valence-corrected chi connectivity index (χ2v) is 15.6. The first kappa shape index (κ1) is 32.7. The number of fused-ring (bicyclic) bond motifs is 12. The predicted molar refractivity (Wildman–Crippen MR) is 243 cm³/mol. The summed E-state index contributed by atoms with van der Waals surface area (Å²) in [4.78, 5) is 2.46. The summed E-state index contributed by atoms with van der Waals surface area (Å²) in [5.74, 6) is 0. The molecule has 2 aliphatic rings. The Morgan fingerprint density at radius 1 is 0.276 bits per heavy atom. The van der Waals surface area contributed by atoms with Gasteiger partial charge in [0.2, 0.25) is 0 Å². The fourth-order valence-corrected chi connectivity index (χ4v) is 10.2. The Morgan fingerprint density at radius 2 is 0.793 bits per heavy atom. The van der Waals surface area contributed by atoms with Gasteiger partial charge in [-0.1, -0.05) is 188 Å². The maximum atomic E-state index is 2.46. The van der Waals surface area contributed by atoms with E-state index in [-0.39, 0.29) is 5.41 Å². The number of hydrogen-bond acceptors (Lipinski definition) is 1. The molecule has 1 nitrogen and oxygen atoms in total. The van der Waals surface area contributed by atoms with Crippen LogP contribution in [0.2, 0.25) is 0 Å². The summed E-state index contributed by atoms with van der Waals surface area (Å²) in [6.45, 7) is 0. The SMILES string of the molecule is c1ccc(-c2ccccc2N(c2ccc3c(c2)-c2ccccc2C32c3ccccc3-c3ccccc32)c2ccc3cc(-c4cccc5ccccc45)ccc3c2)cc1. The molecule has 10 aromatic rings. The van der Waals surface area contributed by atoms with E-state index >= 15 is 0 Å². The maximum absolute atomic E-state index is 2.46. The van der Waals surface area contributed by atoms with Gasteiger partial charge < -0.3 is 4.90 Å². The Hall–Kier alpha value is -7.48. The topological polar surface area (TPSA) is 3.24 Å². The average molecular weight is 736 g/mol. The molecule has 0 atom stereocenters. The molecule has 58 heavy (non-hydrogen) atoms. The number of benzene rings is 10. The summed E-state index contributed by atoms with van der Waals surface area (Å²) in [6, 6.07) is 83.0. The lowest BCUT2D eigenvalue weighted by Crippen LogP contribution is -2.25. The third kappa shape index (κ3) is 4.71. The van der Waals surface area contributed by atoms with Crippen molar-refractivity contribution in [2.45, 2.75) is 5.41 Å². The van der Waals surface area contributed by atoms with Crippen molar-refractivity contribution in [1.82, 2.24) is 0 Å². The van der Waals surface area contributed by atoms with Gasteiger partial charge in [-0.25, -0.2) is 0 Å². The van der Waals surface area contributed by atoms with Gasteiger partial charge in [0.1, 0.15) is 0 Å². The highest BCUT2D eigenvalue weighted by Crippen LogP contribution is 2.63. The number of rotatable bonds is 5. The summed E-state index contributed by atoms with van der Waals surface area (Å²) in [5, 5.41) is 4.95. The molecule has 0 amide bonds. The minimum absolute atomic E-state index is 0.380. The van der Waals surface area contributed by atoms with Crippen LogP contribution in [0.3, 0.4) is 0 Å². The van der Waals surface area contributed by atoms with Gasteiger partial charge in [0.05, 0.1) is 11.1 Å². The van der Waals surface area contributed by atoms with E-state index in [4.69, 9.17) is 0 Å². The van der Waals surface area contributed by atoms with Gasteiger partial charge in [0.25, 0.3) is 0 Å². The van der Waals surface area contributed by atoms with Gasteiger partial charge in [-0.2, -0.15) is 0 Å². The Labute approximate surface area is 338 Å². The molecule has 0 aliphatic heterocycles. The third-order valence-electron chi connectivity index (χ3n) is 12.7. The zero-order chi connectivity index (χ0) is 38.2. The highest BCUT2D eigenvalue weighted by atomic mass is 15.1. The highest BCUT2D eigenvalue weighted by molar-refractivity contribution is 6.01. The second-order valence-electron chi connectivity index (χ2n) is 15.6.